The van der Waals surface area contributed by atoms with Crippen molar-refractivity contribution in [2.45, 2.75) is 26.2 Å². The third-order valence-electron chi connectivity index (χ3n) is 14.3. The molecule has 0 aliphatic heterocycles. The number of benzene rings is 10. The minimum atomic E-state index is -0.573. The molecule has 0 unspecified atom stereocenters. The van der Waals surface area contributed by atoms with E-state index in [1.165, 1.54) is 0 Å². The summed E-state index contributed by atoms with van der Waals surface area (Å²) in [5.74, 6) is 1.84. The summed E-state index contributed by atoms with van der Waals surface area (Å²) in [4.78, 5) is 5.07. The number of para-hydroxylation sites is 4. The summed E-state index contributed by atoms with van der Waals surface area (Å²) in [7, 11) is 0. The van der Waals surface area contributed by atoms with Crippen LogP contribution in [-0.4, -0.2) is 14.1 Å². The molecule has 356 valence electrons. The van der Waals surface area contributed by atoms with Crippen LogP contribution in [0.2, 0.25) is 0 Å². The molecule has 10 aromatic carbocycles. The van der Waals surface area contributed by atoms with Gasteiger partial charge in [0.15, 0.2) is 0 Å². The Balaban J connectivity index is 1.03. The SMILES string of the molecule is [2H]c1c([2H])c([2H])c(-c2cccc(-c3c([2H])c([2H])c([2H])c([2H])c3[2H])c2-[n+]2[c-]n(-c3cccc(Oc4cc5c(c6c4-c4ccccc4-c4ccccc4-c4ccccc4-6)c4ccccc4n5-c4cc(C(C)(C)C)ccn4)c3)c3ccccc32)c([2H])c1[2H]. The molecule has 0 fully saturated rings. The van der Waals surface area contributed by atoms with Crippen LogP contribution < -0.4 is 9.30 Å². The van der Waals surface area contributed by atoms with Crippen LogP contribution in [0, 0.1) is 6.33 Å². The van der Waals surface area contributed by atoms with Gasteiger partial charge in [0, 0.05) is 34.2 Å². The maximum absolute atomic E-state index is 9.18. The third-order valence-corrected chi connectivity index (χ3v) is 14.3. The zero-order chi connectivity index (χ0) is 58.9. The smallest absolute Gasteiger partial charge is 0.269 e. The van der Waals surface area contributed by atoms with Gasteiger partial charge in [0.05, 0.1) is 47.1 Å². The highest BCUT2D eigenvalue weighted by atomic mass is 16.5. The molecule has 0 bridgehead atoms. The molecular formula is C70H50N4O. The molecule has 0 atom stereocenters. The molecule has 0 saturated heterocycles. The van der Waals surface area contributed by atoms with Crippen molar-refractivity contribution in [3.8, 4) is 95.5 Å². The van der Waals surface area contributed by atoms with E-state index in [1.807, 2.05) is 59.3 Å². The first-order chi connectivity index (χ1) is 41.0. The molecule has 0 amide bonds. The van der Waals surface area contributed by atoms with Crippen molar-refractivity contribution in [1.29, 1.82) is 0 Å². The van der Waals surface area contributed by atoms with E-state index in [4.69, 9.17) is 17.9 Å². The summed E-state index contributed by atoms with van der Waals surface area (Å²) in [6.45, 7) is 6.60. The number of pyridine rings is 1. The van der Waals surface area contributed by atoms with Crippen molar-refractivity contribution in [2.75, 3.05) is 0 Å². The molecule has 0 saturated carbocycles. The standard InChI is InChI=1S/C70H50N4O/c1-70(2,3)48-40-41-71-65(42-48)74-60-37-17-16-34-59(60)66-63(74)44-64(67-57-32-14-12-30-55(57)53-28-10-11-29-54(53)56-31-13-15-33-58(56)68(66)67)75-50-27-20-26-49(43-50)72-45-73(62-39-19-18-38-61(62)72)69-51(46-22-6-4-7-23-46)35-21-36-52(69)47-24-8-5-9-25-47/h4-44H,1-3H3/i4D,5D,6D,7D,8D,9D,22D,23D,24D,25D. The van der Waals surface area contributed by atoms with Gasteiger partial charge in [-0.3, -0.25) is 13.7 Å². The Hall–Kier alpha value is -9.58. The maximum atomic E-state index is 9.18. The van der Waals surface area contributed by atoms with Crippen molar-refractivity contribution in [3.63, 3.8) is 0 Å². The Morgan fingerprint density at radius 3 is 1.71 bits per heavy atom. The van der Waals surface area contributed by atoms with Crippen LogP contribution in [0.1, 0.15) is 40.0 Å². The summed E-state index contributed by atoms with van der Waals surface area (Å²) in [5, 5.41) is 2.10. The Labute approximate surface area is 450 Å². The minimum absolute atomic E-state index is 0.139. The van der Waals surface area contributed by atoms with E-state index < -0.39 is 60.4 Å². The molecule has 13 aromatic rings. The van der Waals surface area contributed by atoms with Gasteiger partial charge in [-0.25, -0.2) is 4.98 Å². The van der Waals surface area contributed by atoms with Crippen LogP contribution in [-0.2, 0) is 5.41 Å². The molecule has 0 spiro atoms. The highest BCUT2D eigenvalue weighted by molar-refractivity contribution is 6.22. The van der Waals surface area contributed by atoms with Gasteiger partial charge < -0.3 is 4.74 Å². The second-order valence-corrected chi connectivity index (χ2v) is 19.7. The predicted octanol–water partition coefficient (Wildman–Crippen LogP) is 17.6. The number of rotatable bonds is 7. The molecule has 0 N–H and O–H groups in total. The number of fused-ring (bicyclic) bond motifs is 13. The molecule has 5 nitrogen and oxygen atoms in total. The van der Waals surface area contributed by atoms with E-state index in [-0.39, 0.29) is 33.4 Å². The van der Waals surface area contributed by atoms with Gasteiger partial charge in [-0.2, -0.15) is 0 Å². The zero-order valence-corrected chi connectivity index (χ0v) is 41.1. The fraction of sp³-hybridized carbons (Fsp3) is 0.0571. The summed E-state index contributed by atoms with van der Waals surface area (Å²) in [6.07, 6.45) is 5.41. The molecule has 3 aromatic heterocycles. The lowest BCUT2D eigenvalue weighted by Crippen LogP contribution is -2.31. The van der Waals surface area contributed by atoms with Crippen LogP contribution in [0.4, 0.5) is 0 Å². The van der Waals surface area contributed by atoms with E-state index in [0.29, 0.717) is 28.2 Å². The molecule has 5 heteroatoms. The lowest BCUT2D eigenvalue weighted by atomic mass is 9.79. The van der Waals surface area contributed by atoms with E-state index >= 15 is 0 Å². The van der Waals surface area contributed by atoms with Crippen molar-refractivity contribution < 1.29 is 23.0 Å². The van der Waals surface area contributed by atoms with Gasteiger partial charge >= 0.3 is 0 Å². The summed E-state index contributed by atoms with van der Waals surface area (Å²) >= 11 is 0. The van der Waals surface area contributed by atoms with Gasteiger partial charge in [-0.05, 0) is 103 Å². The Morgan fingerprint density at radius 2 is 1.05 bits per heavy atom. The number of hydrogen-bond donors (Lipinski definition) is 0. The number of hydrogen-bond acceptors (Lipinski definition) is 2. The normalized spacial score (nSPS) is 13.8. The van der Waals surface area contributed by atoms with Crippen LogP contribution in [0.25, 0.3) is 117 Å². The van der Waals surface area contributed by atoms with Gasteiger partial charge in [0.2, 0.25) is 0 Å². The van der Waals surface area contributed by atoms with Crippen molar-refractivity contribution in [1.82, 2.24) is 14.1 Å². The van der Waals surface area contributed by atoms with E-state index in [0.717, 1.165) is 77.7 Å². The number of imidazole rings is 1. The van der Waals surface area contributed by atoms with Gasteiger partial charge in [0.1, 0.15) is 17.3 Å². The van der Waals surface area contributed by atoms with Crippen LogP contribution >= 0.6 is 0 Å². The van der Waals surface area contributed by atoms with Gasteiger partial charge in [-0.1, -0.05) is 221 Å². The molecule has 0 radical (unpaired) electrons. The molecule has 14 rings (SSSR count). The van der Waals surface area contributed by atoms with Crippen LogP contribution in [0.5, 0.6) is 11.5 Å². The predicted molar refractivity (Wildman–Crippen MR) is 307 cm³/mol. The Bertz CT molecular complexity index is 4850. The Morgan fingerprint density at radius 1 is 0.507 bits per heavy atom. The maximum Gasteiger partial charge on any atom is 0.269 e. The topological polar surface area (TPSA) is 35.9 Å². The second-order valence-electron chi connectivity index (χ2n) is 19.7. The first-order valence-corrected chi connectivity index (χ1v) is 24.9. The first kappa shape index (κ1) is 34.7. The lowest BCUT2D eigenvalue weighted by molar-refractivity contribution is -0.571. The highest BCUT2D eigenvalue weighted by Gasteiger charge is 2.30. The highest BCUT2D eigenvalue weighted by Crippen LogP contribution is 2.55. The molecule has 1 aliphatic rings. The Kier molecular flexibility index (Phi) is 8.14. The summed E-state index contributed by atoms with van der Waals surface area (Å²) < 4.78 is 102. The van der Waals surface area contributed by atoms with Crippen molar-refractivity contribution in [3.05, 3.63) is 261 Å². The largest absolute Gasteiger partial charge is 0.457 e. The second kappa shape index (κ2) is 17.6. The number of aromatic nitrogens is 4. The van der Waals surface area contributed by atoms with E-state index in [1.54, 1.807) is 22.8 Å². The van der Waals surface area contributed by atoms with Crippen LogP contribution in [0.15, 0.2) is 249 Å². The number of ether oxygens (including phenoxy) is 1. The summed E-state index contributed by atoms with van der Waals surface area (Å²) in [6, 6.07) is 55.1. The fourth-order valence-corrected chi connectivity index (χ4v) is 11.0. The monoisotopic (exact) mass is 972 g/mol. The van der Waals surface area contributed by atoms with Gasteiger partial charge in [0.25, 0.3) is 6.33 Å². The zero-order valence-electron chi connectivity index (χ0n) is 51.1. The van der Waals surface area contributed by atoms with Crippen LogP contribution in [0.3, 0.4) is 0 Å². The lowest BCUT2D eigenvalue weighted by Gasteiger charge is -2.26. The van der Waals surface area contributed by atoms with Crippen molar-refractivity contribution in [2.24, 2.45) is 0 Å². The van der Waals surface area contributed by atoms with Gasteiger partial charge in [-0.15, -0.1) is 0 Å². The molecule has 1 aliphatic carbocycles. The quantitative estimate of drug-likeness (QED) is 0.118. The third kappa shape index (κ3) is 7.30. The average Bonchev–Trinajstić information content (AvgIpc) is 2.63. The minimum Gasteiger partial charge on any atom is -0.457 e. The molecular weight excluding hydrogens is 913 g/mol. The fourth-order valence-electron chi connectivity index (χ4n) is 11.0. The van der Waals surface area contributed by atoms with Crippen molar-refractivity contribution >= 4 is 32.8 Å². The van der Waals surface area contributed by atoms with E-state index in [9.17, 15) is 5.48 Å². The molecule has 3 heterocycles. The first-order valence-electron chi connectivity index (χ1n) is 29.9. The number of nitrogens with zero attached hydrogens (tertiary/aromatic N) is 4. The average molecular weight is 973 g/mol. The van der Waals surface area contributed by atoms with E-state index in [2.05, 4.69) is 147 Å². The summed E-state index contributed by atoms with van der Waals surface area (Å²) in [5.41, 5.74) is 13.1. The molecule has 75 heavy (non-hydrogen) atoms.